The van der Waals surface area contributed by atoms with Crippen molar-refractivity contribution in [2.75, 3.05) is 23.1 Å². The minimum absolute atomic E-state index is 0.0622. The van der Waals surface area contributed by atoms with Crippen molar-refractivity contribution >= 4 is 21.6 Å². The van der Waals surface area contributed by atoms with E-state index in [-0.39, 0.29) is 23.6 Å². The van der Waals surface area contributed by atoms with Crippen LogP contribution in [0.2, 0.25) is 0 Å². The molecule has 156 valence electrons. The number of amides is 1. The van der Waals surface area contributed by atoms with E-state index >= 15 is 0 Å². The Hall–Kier alpha value is -3.20. The van der Waals surface area contributed by atoms with E-state index in [4.69, 9.17) is 4.52 Å². The van der Waals surface area contributed by atoms with E-state index in [1.807, 2.05) is 12.1 Å². The maximum atomic E-state index is 13.2. The fourth-order valence-electron chi connectivity index (χ4n) is 3.53. The highest BCUT2D eigenvalue weighted by molar-refractivity contribution is 7.92. The summed E-state index contributed by atoms with van der Waals surface area (Å²) >= 11 is 0. The van der Waals surface area contributed by atoms with E-state index in [9.17, 15) is 17.6 Å². The molecule has 1 amide bonds. The van der Waals surface area contributed by atoms with Gasteiger partial charge in [-0.25, -0.2) is 12.8 Å². The van der Waals surface area contributed by atoms with Crippen LogP contribution in [0, 0.1) is 12.7 Å². The predicted molar refractivity (Wildman–Crippen MR) is 110 cm³/mol. The standard InChI is InChI=1S/C21H20FN3O4S/c1-14-19(20(24-29-14)16-6-8-17(22)9-7-16)21(26)23-11-13-30(27,28)25-12-10-15-4-2-3-5-18(15)25/h2-9H,10-13H2,1H3,(H,23,26). The number of hydrogen-bond donors (Lipinski definition) is 1. The van der Waals surface area contributed by atoms with Crippen molar-refractivity contribution in [2.24, 2.45) is 0 Å². The van der Waals surface area contributed by atoms with E-state index in [1.165, 1.54) is 28.6 Å². The summed E-state index contributed by atoms with van der Waals surface area (Å²) in [6.45, 7) is 1.93. The smallest absolute Gasteiger partial charge is 0.257 e. The third kappa shape index (κ3) is 3.80. The lowest BCUT2D eigenvalue weighted by molar-refractivity contribution is 0.0955. The van der Waals surface area contributed by atoms with Gasteiger partial charge >= 0.3 is 0 Å². The van der Waals surface area contributed by atoms with Crippen molar-refractivity contribution in [2.45, 2.75) is 13.3 Å². The molecule has 0 saturated carbocycles. The second kappa shape index (κ2) is 7.91. The van der Waals surface area contributed by atoms with Gasteiger partial charge in [0.25, 0.3) is 5.91 Å². The van der Waals surface area contributed by atoms with E-state index in [1.54, 1.807) is 19.1 Å². The summed E-state index contributed by atoms with van der Waals surface area (Å²) < 4.78 is 45.2. The largest absolute Gasteiger partial charge is 0.360 e. The predicted octanol–water partition coefficient (Wildman–Crippen LogP) is 2.91. The number of fused-ring (bicyclic) bond motifs is 1. The average Bonchev–Trinajstić information content (AvgIpc) is 3.32. The molecule has 4 rings (SSSR count). The Morgan fingerprint density at radius 3 is 2.70 bits per heavy atom. The molecule has 7 nitrogen and oxygen atoms in total. The molecule has 2 aromatic carbocycles. The highest BCUT2D eigenvalue weighted by atomic mass is 32.2. The van der Waals surface area contributed by atoms with E-state index in [2.05, 4.69) is 10.5 Å². The maximum Gasteiger partial charge on any atom is 0.257 e. The molecule has 1 aromatic heterocycles. The fraction of sp³-hybridized carbons (Fsp3) is 0.238. The SMILES string of the molecule is Cc1onc(-c2ccc(F)cc2)c1C(=O)NCCS(=O)(=O)N1CCc2ccccc21. The number of hydrogen-bond acceptors (Lipinski definition) is 5. The number of carbonyl (C=O) groups excluding carboxylic acids is 1. The number of aryl methyl sites for hydroxylation is 1. The molecule has 0 unspecified atom stereocenters. The highest BCUT2D eigenvalue weighted by Gasteiger charge is 2.29. The molecular weight excluding hydrogens is 409 g/mol. The van der Waals surface area contributed by atoms with E-state index in [0.717, 1.165) is 5.56 Å². The number of halogens is 1. The van der Waals surface area contributed by atoms with Crippen LogP contribution in [0.3, 0.4) is 0 Å². The first-order chi connectivity index (χ1) is 14.4. The maximum absolute atomic E-state index is 13.2. The number of aromatic nitrogens is 1. The van der Waals surface area contributed by atoms with Crippen molar-refractivity contribution in [1.29, 1.82) is 0 Å². The zero-order chi connectivity index (χ0) is 21.3. The molecule has 3 aromatic rings. The Morgan fingerprint density at radius 2 is 1.93 bits per heavy atom. The molecule has 0 atom stereocenters. The van der Waals surface area contributed by atoms with Gasteiger partial charge in [0.1, 0.15) is 22.8 Å². The quantitative estimate of drug-likeness (QED) is 0.651. The van der Waals surface area contributed by atoms with Crippen LogP contribution < -0.4 is 9.62 Å². The summed E-state index contributed by atoms with van der Waals surface area (Å²) in [5.74, 6) is -0.838. The Balaban J connectivity index is 1.45. The number of sulfonamides is 1. The number of rotatable bonds is 6. The average molecular weight is 429 g/mol. The molecular formula is C21H20FN3O4S. The van der Waals surface area contributed by atoms with Gasteiger partial charge in [-0.15, -0.1) is 0 Å². The summed E-state index contributed by atoms with van der Waals surface area (Å²) in [6.07, 6.45) is 0.669. The Labute approximate surface area is 173 Å². The molecule has 0 saturated heterocycles. The van der Waals surface area contributed by atoms with Gasteiger partial charge in [-0.2, -0.15) is 0 Å². The molecule has 0 spiro atoms. The second-order valence-electron chi connectivity index (χ2n) is 6.99. The Kier molecular flexibility index (Phi) is 5.29. The minimum Gasteiger partial charge on any atom is -0.360 e. The molecule has 2 heterocycles. The Bertz CT molecular complexity index is 1190. The molecule has 0 fully saturated rings. The third-order valence-corrected chi connectivity index (χ3v) is 6.80. The first kappa shape index (κ1) is 20.1. The van der Waals surface area contributed by atoms with Crippen molar-refractivity contribution < 1.29 is 22.1 Å². The fourth-order valence-corrected chi connectivity index (χ4v) is 4.96. The lowest BCUT2D eigenvalue weighted by atomic mass is 10.1. The van der Waals surface area contributed by atoms with Crippen LogP contribution in [0.4, 0.5) is 10.1 Å². The minimum atomic E-state index is -3.58. The number of para-hydroxylation sites is 1. The zero-order valence-corrected chi connectivity index (χ0v) is 17.1. The van der Waals surface area contributed by atoms with Crippen LogP contribution in [0.25, 0.3) is 11.3 Å². The van der Waals surface area contributed by atoms with Gasteiger partial charge in [-0.05, 0) is 49.2 Å². The van der Waals surface area contributed by atoms with Crippen molar-refractivity contribution in [3.05, 3.63) is 71.2 Å². The number of benzene rings is 2. The van der Waals surface area contributed by atoms with Gasteiger partial charge < -0.3 is 9.84 Å². The summed E-state index contributed by atoms with van der Waals surface area (Å²) in [6, 6.07) is 12.9. The molecule has 0 radical (unpaired) electrons. The number of carbonyl (C=O) groups is 1. The van der Waals surface area contributed by atoms with E-state index < -0.39 is 21.7 Å². The van der Waals surface area contributed by atoms with Gasteiger partial charge in [0.15, 0.2) is 0 Å². The first-order valence-corrected chi connectivity index (χ1v) is 11.1. The second-order valence-corrected chi connectivity index (χ2v) is 9.00. The van der Waals surface area contributed by atoms with Crippen LogP contribution in [-0.2, 0) is 16.4 Å². The highest BCUT2D eigenvalue weighted by Crippen LogP contribution is 2.30. The van der Waals surface area contributed by atoms with Gasteiger partial charge in [0.2, 0.25) is 10.0 Å². The van der Waals surface area contributed by atoms with Crippen LogP contribution >= 0.6 is 0 Å². The lowest BCUT2D eigenvalue weighted by Gasteiger charge is -2.19. The molecule has 1 aliphatic heterocycles. The number of nitrogens with zero attached hydrogens (tertiary/aromatic N) is 2. The van der Waals surface area contributed by atoms with Gasteiger partial charge in [-0.1, -0.05) is 23.4 Å². The molecule has 9 heteroatoms. The molecule has 1 aliphatic rings. The Morgan fingerprint density at radius 1 is 1.20 bits per heavy atom. The van der Waals surface area contributed by atoms with Crippen LogP contribution in [0.5, 0.6) is 0 Å². The van der Waals surface area contributed by atoms with Crippen molar-refractivity contribution in [3.8, 4) is 11.3 Å². The molecule has 1 N–H and O–H groups in total. The first-order valence-electron chi connectivity index (χ1n) is 9.45. The third-order valence-electron chi connectivity index (χ3n) is 5.03. The van der Waals surface area contributed by atoms with Gasteiger partial charge in [-0.3, -0.25) is 9.10 Å². The van der Waals surface area contributed by atoms with Crippen LogP contribution in [0.1, 0.15) is 21.7 Å². The number of nitrogens with one attached hydrogen (secondary N) is 1. The van der Waals surface area contributed by atoms with E-state index in [0.29, 0.717) is 30.0 Å². The van der Waals surface area contributed by atoms with Gasteiger partial charge in [0, 0.05) is 18.7 Å². The molecule has 0 bridgehead atoms. The monoisotopic (exact) mass is 429 g/mol. The lowest BCUT2D eigenvalue weighted by Crippen LogP contribution is -2.37. The van der Waals surface area contributed by atoms with Crippen LogP contribution in [0.15, 0.2) is 53.1 Å². The molecule has 0 aliphatic carbocycles. The topological polar surface area (TPSA) is 92.5 Å². The van der Waals surface area contributed by atoms with Gasteiger partial charge in [0.05, 0.1) is 11.4 Å². The summed E-state index contributed by atoms with van der Waals surface area (Å²) in [5, 5.41) is 6.53. The summed E-state index contributed by atoms with van der Waals surface area (Å²) in [7, 11) is -3.58. The van der Waals surface area contributed by atoms with Crippen molar-refractivity contribution in [3.63, 3.8) is 0 Å². The normalized spacial score (nSPS) is 13.3. The number of anilines is 1. The van der Waals surface area contributed by atoms with Crippen LogP contribution in [-0.4, -0.2) is 38.3 Å². The summed E-state index contributed by atoms with van der Waals surface area (Å²) in [4.78, 5) is 12.7. The molecule has 30 heavy (non-hydrogen) atoms. The summed E-state index contributed by atoms with van der Waals surface area (Å²) in [5.41, 5.74) is 2.69. The van der Waals surface area contributed by atoms with Crippen molar-refractivity contribution in [1.82, 2.24) is 10.5 Å². The zero-order valence-electron chi connectivity index (χ0n) is 16.3.